The zero-order valence-electron chi connectivity index (χ0n) is 23.1. The molecule has 1 aromatic carbocycles. The van der Waals surface area contributed by atoms with Gasteiger partial charge in [-0.15, -0.1) is 5.06 Å². The van der Waals surface area contributed by atoms with E-state index in [0.29, 0.717) is 30.9 Å². The molecule has 3 atom stereocenters. The second-order valence-electron chi connectivity index (χ2n) is 10.9. The molecule has 0 aromatic heterocycles. The number of rotatable bonds is 8. The Morgan fingerprint density at radius 2 is 1.64 bits per heavy atom. The van der Waals surface area contributed by atoms with Gasteiger partial charge in [-0.1, -0.05) is 27.7 Å². The first-order valence-corrected chi connectivity index (χ1v) is 13.0. The summed E-state index contributed by atoms with van der Waals surface area (Å²) in [6, 6.07) is 6.86. The van der Waals surface area contributed by atoms with Gasteiger partial charge in [-0.05, 0) is 57.4 Å². The molecule has 0 bridgehead atoms. The third-order valence-electron chi connectivity index (χ3n) is 8.70. The standard InChI is InChI=1S/C28H43NO7/c1-9-25(6)16-28(20(4)26(7,10-2)29(25)36-21(5)30)34-18-27(11-3,19-35-28)17-33-24(31)22-12-14-23(32-8)15-13-22/h12-15,20H,9-11,16-19H2,1-8H3. The Hall–Kier alpha value is -2.16. The van der Waals surface area contributed by atoms with Gasteiger partial charge >= 0.3 is 11.9 Å². The molecule has 2 heterocycles. The lowest BCUT2D eigenvalue weighted by atomic mass is 9.66. The van der Waals surface area contributed by atoms with Gasteiger partial charge in [0.05, 0.1) is 42.4 Å². The lowest BCUT2D eigenvalue weighted by Gasteiger charge is -2.63. The van der Waals surface area contributed by atoms with E-state index < -0.39 is 22.3 Å². The molecule has 36 heavy (non-hydrogen) atoms. The van der Waals surface area contributed by atoms with Gasteiger partial charge in [-0.3, -0.25) is 4.79 Å². The minimum absolute atomic E-state index is 0.0781. The van der Waals surface area contributed by atoms with E-state index in [0.717, 1.165) is 19.3 Å². The van der Waals surface area contributed by atoms with E-state index in [-0.39, 0.29) is 24.5 Å². The number of benzene rings is 1. The second-order valence-corrected chi connectivity index (χ2v) is 10.9. The normalized spacial score (nSPS) is 34.8. The number of carbonyl (C=O) groups excluding carboxylic acids is 2. The Bertz CT molecular complexity index is 924. The zero-order chi connectivity index (χ0) is 26.8. The van der Waals surface area contributed by atoms with Crippen LogP contribution >= 0.6 is 0 Å². The van der Waals surface area contributed by atoms with Crippen molar-refractivity contribution in [1.82, 2.24) is 5.06 Å². The first-order valence-electron chi connectivity index (χ1n) is 13.0. The highest BCUT2D eigenvalue weighted by molar-refractivity contribution is 5.89. The van der Waals surface area contributed by atoms with Crippen LogP contribution in [0.3, 0.4) is 0 Å². The summed E-state index contributed by atoms with van der Waals surface area (Å²) in [5.74, 6) is -0.934. The van der Waals surface area contributed by atoms with Crippen LogP contribution in [-0.4, -0.2) is 60.8 Å². The van der Waals surface area contributed by atoms with Crippen LogP contribution in [0.15, 0.2) is 24.3 Å². The number of hydroxylamine groups is 2. The van der Waals surface area contributed by atoms with Crippen LogP contribution in [0.4, 0.5) is 0 Å². The molecule has 3 unspecified atom stereocenters. The van der Waals surface area contributed by atoms with Crippen LogP contribution in [0.5, 0.6) is 5.75 Å². The van der Waals surface area contributed by atoms with Gasteiger partial charge in [0.2, 0.25) is 0 Å². The Morgan fingerprint density at radius 1 is 1.03 bits per heavy atom. The number of methoxy groups -OCH3 is 1. The van der Waals surface area contributed by atoms with Gasteiger partial charge in [-0.2, -0.15) is 0 Å². The molecule has 2 fully saturated rings. The molecule has 0 N–H and O–H groups in total. The number of hydrogen-bond donors (Lipinski definition) is 0. The summed E-state index contributed by atoms with van der Waals surface area (Å²) >= 11 is 0. The van der Waals surface area contributed by atoms with Crippen molar-refractivity contribution in [3.63, 3.8) is 0 Å². The predicted octanol–water partition coefficient (Wildman–Crippen LogP) is 5.15. The predicted molar refractivity (Wildman–Crippen MR) is 135 cm³/mol. The Balaban J connectivity index is 1.77. The summed E-state index contributed by atoms with van der Waals surface area (Å²) in [6.45, 7) is 15.0. The highest BCUT2D eigenvalue weighted by Crippen LogP contribution is 2.54. The molecule has 0 saturated carbocycles. The molecule has 1 spiro atoms. The maximum absolute atomic E-state index is 12.7. The van der Waals surface area contributed by atoms with Gasteiger partial charge in [0.1, 0.15) is 12.4 Å². The molecule has 1 aromatic rings. The number of piperidine rings is 1. The van der Waals surface area contributed by atoms with Gasteiger partial charge in [0, 0.05) is 19.3 Å². The molecule has 8 heteroatoms. The van der Waals surface area contributed by atoms with Crippen molar-refractivity contribution in [2.45, 2.75) is 91.0 Å². The molecule has 0 aliphatic carbocycles. The first-order chi connectivity index (χ1) is 16.9. The van der Waals surface area contributed by atoms with Crippen molar-refractivity contribution in [1.29, 1.82) is 0 Å². The fourth-order valence-corrected chi connectivity index (χ4v) is 5.49. The van der Waals surface area contributed by atoms with Crippen LogP contribution in [0, 0.1) is 11.3 Å². The average molecular weight is 506 g/mol. The molecule has 2 aliphatic heterocycles. The summed E-state index contributed by atoms with van der Waals surface area (Å²) in [6.07, 6.45) is 2.81. The van der Waals surface area contributed by atoms with E-state index in [4.69, 9.17) is 23.8 Å². The maximum Gasteiger partial charge on any atom is 0.338 e. The van der Waals surface area contributed by atoms with Crippen molar-refractivity contribution in [2.75, 3.05) is 26.9 Å². The number of carbonyl (C=O) groups is 2. The van der Waals surface area contributed by atoms with Crippen LogP contribution in [0.25, 0.3) is 0 Å². The largest absolute Gasteiger partial charge is 0.497 e. The van der Waals surface area contributed by atoms with E-state index >= 15 is 0 Å². The van der Waals surface area contributed by atoms with Gasteiger partial charge in [0.25, 0.3) is 0 Å². The molecule has 3 rings (SSSR count). The van der Waals surface area contributed by atoms with E-state index in [1.54, 1.807) is 31.4 Å². The number of nitrogens with zero attached hydrogens (tertiary/aromatic N) is 1. The summed E-state index contributed by atoms with van der Waals surface area (Å²) in [5, 5.41) is 1.89. The quantitative estimate of drug-likeness (QED) is 0.449. The first kappa shape index (κ1) is 28.4. The highest BCUT2D eigenvalue weighted by Gasteiger charge is 2.64. The van der Waals surface area contributed by atoms with Crippen LogP contribution in [-0.2, 0) is 23.8 Å². The summed E-state index contributed by atoms with van der Waals surface area (Å²) in [5.41, 5.74) is -0.914. The molecule has 202 valence electrons. The summed E-state index contributed by atoms with van der Waals surface area (Å²) in [7, 11) is 1.58. The summed E-state index contributed by atoms with van der Waals surface area (Å²) < 4.78 is 24.2. The van der Waals surface area contributed by atoms with Crippen molar-refractivity contribution in [3.8, 4) is 5.75 Å². The molecule has 2 saturated heterocycles. The van der Waals surface area contributed by atoms with Gasteiger partial charge < -0.3 is 23.8 Å². The van der Waals surface area contributed by atoms with Crippen LogP contribution < -0.4 is 4.74 Å². The fourth-order valence-electron chi connectivity index (χ4n) is 5.49. The van der Waals surface area contributed by atoms with Crippen molar-refractivity contribution < 1.29 is 33.4 Å². The Kier molecular flexibility index (Phi) is 8.43. The van der Waals surface area contributed by atoms with E-state index in [2.05, 4.69) is 41.5 Å². The number of hydrogen-bond acceptors (Lipinski definition) is 8. The lowest BCUT2D eigenvalue weighted by Crippen LogP contribution is -2.74. The lowest BCUT2D eigenvalue weighted by molar-refractivity contribution is -0.402. The van der Waals surface area contributed by atoms with Gasteiger partial charge in [0.15, 0.2) is 5.79 Å². The van der Waals surface area contributed by atoms with Crippen molar-refractivity contribution >= 4 is 11.9 Å². The second kappa shape index (κ2) is 10.7. The van der Waals surface area contributed by atoms with Crippen molar-refractivity contribution in [2.24, 2.45) is 11.3 Å². The monoisotopic (exact) mass is 505 g/mol. The number of esters is 1. The smallest absolute Gasteiger partial charge is 0.338 e. The molecule has 8 nitrogen and oxygen atoms in total. The highest BCUT2D eigenvalue weighted by atomic mass is 16.7. The molecule has 0 amide bonds. The molecular weight excluding hydrogens is 462 g/mol. The van der Waals surface area contributed by atoms with Crippen LogP contribution in [0.1, 0.15) is 84.5 Å². The van der Waals surface area contributed by atoms with Gasteiger partial charge in [-0.25, -0.2) is 4.79 Å². The molecule has 0 radical (unpaired) electrons. The minimum atomic E-state index is -0.829. The van der Waals surface area contributed by atoms with E-state index in [1.807, 2.05) is 5.06 Å². The Labute approximate surface area is 215 Å². The minimum Gasteiger partial charge on any atom is -0.497 e. The zero-order valence-corrected chi connectivity index (χ0v) is 23.1. The van der Waals surface area contributed by atoms with Crippen LogP contribution in [0.2, 0.25) is 0 Å². The number of ether oxygens (including phenoxy) is 4. The molecular formula is C28H43NO7. The third-order valence-corrected chi connectivity index (χ3v) is 8.70. The average Bonchev–Trinajstić information content (AvgIpc) is 2.89. The molecule has 2 aliphatic rings. The van der Waals surface area contributed by atoms with Crippen molar-refractivity contribution in [3.05, 3.63) is 29.8 Å². The fraction of sp³-hybridized carbons (Fsp3) is 0.714. The maximum atomic E-state index is 12.7. The third kappa shape index (κ3) is 5.13. The SMILES string of the molecule is CCC1(COC(=O)c2ccc(OC)cc2)COC2(CC(C)(CC)N(OC(C)=O)C(C)(CC)C2C)OC1. The van der Waals surface area contributed by atoms with E-state index in [9.17, 15) is 9.59 Å². The Morgan fingerprint density at radius 3 is 2.11 bits per heavy atom. The summed E-state index contributed by atoms with van der Waals surface area (Å²) in [4.78, 5) is 30.5. The topological polar surface area (TPSA) is 83.5 Å². The van der Waals surface area contributed by atoms with E-state index in [1.165, 1.54) is 6.92 Å².